The number of hydrogen-bond acceptors (Lipinski definition) is 7. The number of benzene rings is 3. The second kappa shape index (κ2) is 12.3. The minimum absolute atomic E-state index is 0.181. The van der Waals surface area contributed by atoms with E-state index in [1.807, 2.05) is 72.8 Å². The third-order valence-electron chi connectivity index (χ3n) is 6.99. The molecule has 2 atom stereocenters. The standard InChI is InChI=1S/C31H33NO7/c1-3-37-31(34)26-16-25-23(14-15-27(35-2)29(25)38-18-21-10-6-4-7-11-21)17-32(26)30(33)28(39-24-19-36-20-24)22-12-8-5-9-13-22/h4-15,24,26,28H,3,16-20H2,1-2H3/t26-,28?/m0/s1. The van der Waals surface area contributed by atoms with Crippen LogP contribution in [0.3, 0.4) is 0 Å². The monoisotopic (exact) mass is 531 g/mol. The van der Waals surface area contributed by atoms with E-state index in [9.17, 15) is 9.59 Å². The molecule has 8 nitrogen and oxygen atoms in total. The van der Waals surface area contributed by atoms with Crippen molar-refractivity contribution in [3.63, 3.8) is 0 Å². The number of rotatable bonds is 10. The number of esters is 1. The van der Waals surface area contributed by atoms with Crippen LogP contribution < -0.4 is 9.47 Å². The largest absolute Gasteiger partial charge is 0.493 e. The van der Waals surface area contributed by atoms with E-state index in [-0.39, 0.29) is 31.6 Å². The Kier molecular flexibility index (Phi) is 8.44. The number of fused-ring (bicyclic) bond motifs is 1. The summed E-state index contributed by atoms with van der Waals surface area (Å²) in [5, 5.41) is 0. The zero-order valence-corrected chi connectivity index (χ0v) is 22.2. The van der Waals surface area contributed by atoms with Crippen LogP contribution in [0.25, 0.3) is 0 Å². The Morgan fingerprint density at radius 1 is 1.00 bits per heavy atom. The van der Waals surface area contributed by atoms with Gasteiger partial charge in [-0.25, -0.2) is 4.79 Å². The molecule has 3 aromatic rings. The highest BCUT2D eigenvalue weighted by Gasteiger charge is 2.42. The molecule has 0 spiro atoms. The van der Waals surface area contributed by atoms with Crippen molar-refractivity contribution < 1.29 is 33.3 Å². The van der Waals surface area contributed by atoms with E-state index in [1.165, 1.54) is 0 Å². The first kappa shape index (κ1) is 26.7. The zero-order chi connectivity index (χ0) is 27.2. The Labute approximate surface area is 228 Å². The SMILES string of the molecule is CCOC(=O)[C@@H]1Cc2c(ccc(OC)c2OCc2ccccc2)CN1C(=O)C(OC1COC1)c1ccccc1. The van der Waals surface area contributed by atoms with Gasteiger partial charge in [0, 0.05) is 18.5 Å². The van der Waals surface area contributed by atoms with Gasteiger partial charge in [0.2, 0.25) is 0 Å². The molecule has 8 heteroatoms. The van der Waals surface area contributed by atoms with Crippen LogP contribution in [0, 0.1) is 0 Å². The lowest BCUT2D eigenvalue weighted by atomic mass is 9.91. The third kappa shape index (κ3) is 5.92. The first-order valence-electron chi connectivity index (χ1n) is 13.2. The summed E-state index contributed by atoms with van der Waals surface area (Å²) in [5.41, 5.74) is 3.45. The van der Waals surface area contributed by atoms with Gasteiger partial charge in [-0.3, -0.25) is 4.79 Å². The van der Waals surface area contributed by atoms with Crippen LogP contribution in [0.5, 0.6) is 11.5 Å². The maximum absolute atomic E-state index is 14.1. The van der Waals surface area contributed by atoms with E-state index in [0.717, 1.165) is 22.3 Å². The zero-order valence-electron chi connectivity index (χ0n) is 22.2. The van der Waals surface area contributed by atoms with E-state index < -0.39 is 18.1 Å². The number of hydrogen-bond donors (Lipinski definition) is 0. The van der Waals surface area contributed by atoms with Gasteiger partial charge in [-0.05, 0) is 29.7 Å². The topological polar surface area (TPSA) is 83.5 Å². The fraction of sp³-hybridized carbons (Fsp3) is 0.355. The van der Waals surface area contributed by atoms with Crippen molar-refractivity contribution in [1.29, 1.82) is 0 Å². The number of ether oxygens (including phenoxy) is 5. The van der Waals surface area contributed by atoms with Gasteiger partial charge in [0.05, 0.1) is 26.9 Å². The summed E-state index contributed by atoms with van der Waals surface area (Å²) < 4.78 is 28.8. The molecular weight excluding hydrogens is 498 g/mol. The van der Waals surface area contributed by atoms with Crippen LogP contribution in [0.1, 0.15) is 35.3 Å². The van der Waals surface area contributed by atoms with E-state index in [4.69, 9.17) is 23.7 Å². The quantitative estimate of drug-likeness (QED) is 0.362. The molecule has 5 rings (SSSR count). The molecule has 2 heterocycles. The van der Waals surface area contributed by atoms with Gasteiger partial charge in [-0.2, -0.15) is 0 Å². The van der Waals surface area contributed by atoms with Crippen molar-refractivity contribution in [3.05, 3.63) is 95.1 Å². The number of carbonyl (C=O) groups is 2. The molecule has 0 radical (unpaired) electrons. The molecule has 2 aliphatic heterocycles. The third-order valence-corrected chi connectivity index (χ3v) is 6.99. The lowest BCUT2D eigenvalue weighted by molar-refractivity contribution is -0.181. The summed E-state index contributed by atoms with van der Waals surface area (Å²) in [5.74, 6) is 0.386. The van der Waals surface area contributed by atoms with Crippen LogP contribution in [-0.2, 0) is 43.4 Å². The van der Waals surface area contributed by atoms with Crippen LogP contribution in [-0.4, -0.2) is 55.9 Å². The molecule has 0 aliphatic carbocycles. The Hall–Kier alpha value is -3.88. The average Bonchev–Trinajstić information content (AvgIpc) is 2.95. The molecule has 1 amide bonds. The first-order chi connectivity index (χ1) is 19.1. The molecule has 0 N–H and O–H groups in total. The summed E-state index contributed by atoms with van der Waals surface area (Å²) in [6, 6.07) is 22.1. The van der Waals surface area contributed by atoms with Gasteiger partial charge in [-0.1, -0.05) is 66.7 Å². The second-order valence-corrected chi connectivity index (χ2v) is 9.53. The number of amides is 1. The Bertz CT molecular complexity index is 1280. The van der Waals surface area contributed by atoms with E-state index in [2.05, 4.69) is 0 Å². The average molecular weight is 532 g/mol. The molecule has 39 heavy (non-hydrogen) atoms. The summed E-state index contributed by atoms with van der Waals surface area (Å²) in [4.78, 5) is 29.0. The smallest absolute Gasteiger partial charge is 0.329 e. The summed E-state index contributed by atoms with van der Waals surface area (Å²) in [7, 11) is 1.59. The molecule has 2 aliphatic rings. The number of nitrogens with zero attached hydrogens (tertiary/aromatic N) is 1. The van der Waals surface area contributed by atoms with E-state index in [0.29, 0.717) is 31.3 Å². The molecule has 3 aromatic carbocycles. The Morgan fingerprint density at radius 3 is 2.36 bits per heavy atom. The summed E-state index contributed by atoms with van der Waals surface area (Å²) in [6.07, 6.45) is -0.819. The number of methoxy groups -OCH3 is 1. The van der Waals surface area contributed by atoms with Crippen LogP contribution in [0.2, 0.25) is 0 Å². The minimum atomic E-state index is -0.870. The minimum Gasteiger partial charge on any atom is -0.493 e. The molecule has 0 aromatic heterocycles. The van der Waals surface area contributed by atoms with Crippen LogP contribution >= 0.6 is 0 Å². The Morgan fingerprint density at radius 2 is 1.72 bits per heavy atom. The molecule has 0 bridgehead atoms. The highest BCUT2D eigenvalue weighted by Crippen LogP contribution is 2.40. The van der Waals surface area contributed by atoms with E-state index >= 15 is 0 Å². The van der Waals surface area contributed by atoms with Gasteiger partial charge in [0.25, 0.3) is 5.91 Å². The summed E-state index contributed by atoms with van der Waals surface area (Å²) >= 11 is 0. The maximum Gasteiger partial charge on any atom is 0.329 e. The normalized spacial score (nSPS) is 17.5. The molecule has 1 fully saturated rings. The van der Waals surface area contributed by atoms with Crippen molar-refractivity contribution in [2.75, 3.05) is 26.9 Å². The van der Waals surface area contributed by atoms with Gasteiger partial charge in [-0.15, -0.1) is 0 Å². The van der Waals surface area contributed by atoms with Gasteiger partial charge >= 0.3 is 5.97 Å². The predicted molar refractivity (Wildman–Crippen MR) is 143 cm³/mol. The lowest BCUT2D eigenvalue weighted by Crippen LogP contribution is -2.52. The Balaban J connectivity index is 1.48. The fourth-order valence-corrected chi connectivity index (χ4v) is 4.89. The first-order valence-corrected chi connectivity index (χ1v) is 13.2. The van der Waals surface area contributed by atoms with Crippen molar-refractivity contribution in [2.24, 2.45) is 0 Å². The summed E-state index contributed by atoms with van der Waals surface area (Å²) in [6.45, 7) is 3.37. The highest BCUT2D eigenvalue weighted by molar-refractivity contribution is 5.89. The van der Waals surface area contributed by atoms with Crippen molar-refractivity contribution in [2.45, 2.75) is 44.7 Å². The van der Waals surface area contributed by atoms with Crippen molar-refractivity contribution in [1.82, 2.24) is 4.90 Å². The van der Waals surface area contributed by atoms with Crippen LogP contribution in [0.15, 0.2) is 72.8 Å². The predicted octanol–water partition coefficient (Wildman–Crippen LogP) is 4.25. The molecular formula is C31H33NO7. The molecule has 1 unspecified atom stereocenters. The van der Waals surface area contributed by atoms with Crippen molar-refractivity contribution in [3.8, 4) is 11.5 Å². The number of carbonyl (C=O) groups excluding carboxylic acids is 2. The molecule has 204 valence electrons. The van der Waals surface area contributed by atoms with Gasteiger partial charge < -0.3 is 28.6 Å². The lowest BCUT2D eigenvalue weighted by Gasteiger charge is -2.39. The highest BCUT2D eigenvalue weighted by atomic mass is 16.6. The molecule has 1 saturated heterocycles. The van der Waals surface area contributed by atoms with E-state index in [1.54, 1.807) is 18.9 Å². The maximum atomic E-state index is 14.1. The van der Waals surface area contributed by atoms with Gasteiger partial charge in [0.15, 0.2) is 17.6 Å². The fourth-order valence-electron chi connectivity index (χ4n) is 4.89. The van der Waals surface area contributed by atoms with Gasteiger partial charge in [0.1, 0.15) is 18.8 Å². The van der Waals surface area contributed by atoms with Crippen molar-refractivity contribution >= 4 is 11.9 Å². The van der Waals surface area contributed by atoms with Crippen LogP contribution in [0.4, 0.5) is 0 Å². The second-order valence-electron chi connectivity index (χ2n) is 9.53. The molecule has 0 saturated carbocycles.